The average molecular weight is 372 g/mol. The van der Waals surface area contributed by atoms with E-state index < -0.39 is 0 Å². The van der Waals surface area contributed by atoms with Crippen molar-refractivity contribution in [3.8, 4) is 22.5 Å². The maximum absolute atomic E-state index is 5.71. The van der Waals surface area contributed by atoms with Gasteiger partial charge in [-0.05, 0) is 24.3 Å². The van der Waals surface area contributed by atoms with E-state index >= 15 is 0 Å². The van der Waals surface area contributed by atoms with Crippen molar-refractivity contribution in [3.63, 3.8) is 0 Å². The molecule has 0 saturated carbocycles. The molecule has 28 heavy (non-hydrogen) atoms. The molecule has 0 amide bonds. The van der Waals surface area contributed by atoms with Crippen molar-refractivity contribution in [2.45, 2.75) is 12.6 Å². The third-order valence-corrected chi connectivity index (χ3v) is 4.82. The van der Waals surface area contributed by atoms with Crippen LogP contribution in [0.5, 0.6) is 0 Å². The highest BCUT2D eigenvalue weighted by atomic mass is 16.6. The normalized spacial score (nSPS) is 17.1. The molecule has 1 saturated heterocycles. The summed E-state index contributed by atoms with van der Waals surface area (Å²) in [6.07, 6.45) is 3.86. The van der Waals surface area contributed by atoms with Crippen LogP contribution >= 0.6 is 0 Å². The van der Waals surface area contributed by atoms with Crippen LogP contribution in [0.25, 0.3) is 33.5 Å². The molecule has 1 aliphatic rings. The number of nitrogens with zero attached hydrogens (tertiary/aromatic N) is 4. The molecule has 0 radical (unpaired) electrons. The number of rotatable bonds is 4. The topological polar surface area (TPSA) is 62.1 Å². The van der Waals surface area contributed by atoms with Gasteiger partial charge in [0.15, 0.2) is 0 Å². The molecule has 4 aromatic rings. The third-order valence-electron chi connectivity index (χ3n) is 4.82. The maximum Gasteiger partial charge on any atom is 0.100 e. The Labute approximate surface area is 162 Å². The second-order valence-electron chi connectivity index (χ2n) is 6.82. The van der Waals surface area contributed by atoms with Gasteiger partial charge in [0, 0.05) is 17.3 Å². The van der Waals surface area contributed by atoms with Crippen LogP contribution in [0, 0.1) is 0 Å². The first-order chi connectivity index (χ1) is 13.8. The Morgan fingerprint density at radius 2 is 1.79 bits per heavy atom. The van der Waals surface area contributed by atoms with E-state index in [1.165, 1.54) is 0 Å². The second-order valence-corrected chi connectivity index (χ2v) is 6.82. The summed E-state index contributed by atoms with van der Waals surface area (Å²) in [6, 6.07) is 18.2. The van der Waals surface area contributed by atoms with Crippen LogP contribution in [0.4, 0.5) is 0 Å². The fraction of sp³-hybridized carbons (Fsp3) is 0.227. The van der Waals surface area contributed by atoms with Crippen LogP contribution in [0.3, 0.4) is 0 Å². The van der Waals surface area contributed by atoms with Crippen molar-refractivity contribution in [1.29, 1.82) is 0 Å². The van der Waals surface area contributed by atoms with Crippen LogP contribution < -0.4 is 0 Å². The highest BCUT2D eigenvalue weighted by Crippen LogP contribution is 2.25. The van der Waals surface area contributed by atoms with E-state index in [1.807, 2.05) is 59.5 Å². The van der Waals surface area contributed by atoms with Crippen LogP contribution in [0.1, 0.15) is 0 Å². The van der Waals surface area contributed by atoms with Crippen molar-refractivity contribution in [1.82, 2.24) is 19.7 Å². The number of fused-ring (bicyclic) bond motifs is 1. The molecule has 1 fully saturated rings. The SMILES string of the molecule is c1cc(-c2cnc3ccccc3n2)cc(-c2ccn(CC3COCCO3)n2)c1. The molecule has 1 unspecified atom stereocenters. The van der Waals surface area contributed by atoms with Crippen LogP contribution in [0.15, 0.2) is 67.0 Å². The summed E-state index contributed by atoms with van der Waals surface area (Å²) in [6.45, 7) is 2.63. The summed E-state index contributed by atoms with van der Waals surface area (Å²) in [5, 5.41) is 4.70. The molecular formula is C22H20N4O2. The lowest BCUT2D eigenvalue weighted by Crippen LogP contribution is -2.32. The zero-order chi connectivity index (χ0) is 18.8. The fourth-order valence-electron chi connectivity index (χ4n) is 3.40. The summed E-state index contributed by atoms with van der Waals surface area (Å²) in [5.74, 6) is 0. The number of hydrogen-bond donors (Lipinski definition) is 0. The number of aromatic nitrogens is 4. The number of para-hydroxylation sites is 2. The van der Waals surface area contributed by atoms with Crippen molar-refractivity contribution in [2.24, 2.45) is 0 Å². The summed E-state index contributed by atoms with van der Waals surface area (Å²) < 4.78 is 13.1. The first-order valence-corrected chi connectivity index (χ1v) is 9.40. The Kier molecular flexibility index (Phi) is 4.56. The van der Waals surface area contributed by atoms with Crippen molar-refractivity contribution in [2.75, 3.05) is 19.8 Å². The first-order valence-electron chi connectivity index (χ1n) is 9.40. The fourth-order valence-corrected chi connectivity index (χ4v) is 3.40. The van der Waals surface area contributed by atoms with E-state index in [9.17, 15) is 0 Å². The van der Waals surface area contributed by atoms with Crippen molar-refractivity contribution in [3.05, 3.63) is 67.0 Å². The molecular weight excluding hydrogens is 352 g/mol. The average Bonchev–Trinajstić information content (AvgIpc) is 3.23. The number of hydrogen-bond acceptors (Lipinski definition) is 5. The first kappa shape index (κ1) is 17.0. The minimum Gasteiger partial charge on any atom is -0.376 e. The Morgan fingerprint density at radius 1 is 0.929 bits per heavy atom. The van der Waals surface area contributed by atoms with Gasteiger partial charge in [-0.3, -0.25) is 9.67 Å². The highest BCUT2D eigenvalue weighted by Gasteiger charge is 2.15. The van der Waals surface area contributed by atoms with Gasteiger partial charge in [0.25, 0.3) is 0 Å². The van der Waals surface area contributed by atoms with Gasteiger partial charge in [-0.2, -0.15) is 5.10 Å². The van der Waals surface area contributed by atoms with E-state index in [0.717, 1.165) is 33.5 Å². The van der Waals surface area contributed by atoms with Crippen LogP contribution in [-0.2, 0) is 16.0 Å². The lowest BCUT2D eigenvalue weighted by atomic mass is 10.1. The summed E-state index contributed by atoms with van der Waals surface area (Å²) >= 11 is 0. The molecule has 6 nitrogen and oxygen atoms in total. The lowest BCUT2D eigenvalue weighted by molar-refractivity contribution is -0.0946. The number of benzene rings is 2. The molecule has 0 bridgehead atoms. The zero-order valence-corrected chi connectivity index (χ0v) is 15.4. The largest absolute Gasteiger partial charge is 0.376 e. The van der Waals surface area contributed by atoms with Gasteiger partial charge in [0.05, 0.1) is 55.0 Å². The van der Waals surface area contributed by atoms with Gasteiger partial charge in [0.2, 0.25) is 0 Å². The van der Waals surface area contributed by atoms with E-state index in [1.54, 1.807) is 0 Å². The Balaban J connectivity index is 1.40. The summed E-state index contributed by atoms with van der Waals surface area (Å²) in [7, 11) is 0. The summed E-state index contributed by atoms with van der Waals surface area (Å²) in [5.41, 5.74) is 5.64. The quantitative estimate of drug-likeness (QED) is 0.548. The van der Waals surface area contributed by atoms with Gasteiger partial charge in [0.1, 0.15) is 6.10 Å². The second kappa shape index (κ2) is 7.50. The Morgan fingerprint density at radius 3 is 2.64 bits per heavy atom. The third kappa shape index (κ3) is 3.52. The molecule has 6 heteroatoms. The molecule has 1 aliphatic heterocycles. The molecule has 5 rings (SSSR count). The van der Waals surface area contributed by atoms with Gasteiger partial charge >= 0.3 is 0 Å². The number of ether oxygens (including phenoxy) is 2. The monoisotopic (exact) mass is 372 g/mol. The molecule has 1 atom stereocenters. The minimum atomic E-state index is 0.0562. The molecule has 0 spiro atoms. The minimum absolute atomic E-state index is 0.0562. The predicted octanol–water partition coefficient (Wildman–Crippen LogP) is 3.58. The van der Waals surface area contributed by atoms with Crippen molar-refractivity contribution < 1.29 is 9.47 Å². The van der Waals surface area contributed by atoms with E-state index in [0.29, 0.717) is 26.4 Å². The zero-order valence-electron chi connectivity index (χ0n) is 15.4. The Hall–Kier alpha value is -3.09. The van der Waals surface area contributed by atoms with E-state index in [-0.39, 0.29) is 6.10 Å². The Bertz CT molecular complexity index is 1100. The molecule has 0 aliphatic carbocycles. The van der Waals surface area contributed by atoms with Gasteiger partial charge < -0.3 is 9.47 Å². The standard InChI is InChI=1S/C22H20N4O2/c1-2-7-21-20(6-1)23-13-22(24-21)17-5-3-4-16(12-17)19-8-9-26(25-19)14-18-15-27-10-11-28-18/h1-9,12-13,18H,10-11,14-15H2. The predicted molar refractivity (Wildman–Crippen MR) is 107 cm³/mol. The van der Waals surface area contributed by atoms with E-state index in [4.69, 9.17) is 19.6 Å². The van der Waals surface area contributed by atoms with Gasteiger partial charge in [-0.15, -0.1) is 0 Å². The van der Waals surface area contributed by atoms with Gasteiger partial charge in [-0.25, -0.2) is 4.98 Å². The molecule has 0 N–H and O–H groups in total. The molecule has 2 aromatic carbocycles. The molecule has 140 valence electrons. The molecule has 3 heterocycles. The maximum atomic E-state index is 5.71. The van der Waals surface area contributed by atoms with Crippen LogP contribution in [-0.4, -0.2) is 45.7 Å². The smallest absolute Gasteiger partial charge is 0.100 e. The van der Waals surface area contributed by atoms with E-state index in [2.05, 4.69) is 17.1 Å². The summed E-state index contributed by atoms with van der Waals surface area (Å²) in [4.78, 5) is 9.27. The molecule has 2 aromatic heterocycles. The van der Waals surface area contributed by atoms with Gasteiger partial charge in [-0.1, -0.05) is 30.3 Å². The highest BCUT2D eigenvalue weighted by molar-refractivity contribution is 5.78. The van der Waals surface area contributed by atoms with Crippen LogP contribution in [0.2, 0.25) is 0 Å². The van der Waals surface area contributed by atoms with Crippen molar-refractivity contribution >= 4 is 11.0 Å². The lowest BCUT2D eigenvalue weighted by Gasteiger charge is -2.22.